The summed E-state index contributed by atoms with van der Waals surface area (Å²) in [4.78, 5) is 53.4. The van der Waals surface area contributed by atoms with Gasteiger partial charge in [-0.1, -0.05) is 0 Å². The zero-order chi connectivity index (χ0) is 27.2. The normalized spacial score (nSPS) is 14.7. The van der Waals surface area contributed by atoms with Crippen LogP contribution < -0.4 is 9.80 Å². The largest absolute Gasteiger partial charge is 0.268 e. The average molecular weight is 526 g/mol. The Morgan fingerprint density at radius 3 is 0.895 bits per heavy atom. The van der Waals surface area contributed by atoms with E-state index in [4.69, 9.17) is 0 Å². The van der Waals surface area contributed by atoms with Crippen molar-refractivity contribution < 1.29 is 45.5 Å². The van der Waals surface area contributed by atoms with Gasteiger partial charge < -0.3 is 0 Å². The Morgan fingerprint density at radius 2 is 0.658 bits per heavy atom. The molecule has 0 spiro atoms. The van der Waals surface area contributed by atoms with Crippen molar-refractivity contribution in [2.75, 3.05) is 9.80 Å². The molecule has 6 rings (SSSR count). The monoisotopic (exact) mass is 526 g/mol. The lowest BCUT2D eigenvalue weighted by atomic mass is 9.85. The fourth-order valence-corrected chi connectivity index (χ4v) is 4.78. The molecule has 38 heavy (non-hydrogen) atoms. The first-order valence-electron chi connectivity index (χ1n) is 10.7. The maximum absolute atomic E-state index is 14.5. The second-order valence-electron chi connectivity index (χ2n) is 8.40. The molecule has 0 aliphatic carbocycles. The van der Waals surface area contributed by atoms with Crippen LogP contribution in [0, 0.1) is 34.9 Å². The molecule has 0 bridgehead atoms. The van der Waals surface area contributed by atoms with E-state index in [0.29, 0.717) is 0 Å². The van der Waals surface area contributed by atoms with Crippen LogP contribution in [-0.2, 0) is 0 Å². The zero-order valence-electron chi connectivity index (χ0n) is 18.4. The molecule has 0 radical (unpaired) electrons. The molecular formula is C26H8F6N2O4. The number of carbonyl (C=O) groups is 4. The maximum atomic E-state index is 14.5. The van der Waals surface area contributed by atoms with Crippen LogP contribution in [0.15, 0.2) is 48.5 Å². The number of benzene rings is 4. The minimum Gasteiger partial charge on any atom is -0.268 e. The summed E-state index contributed by atoms with van der Waals surface area (Å²) >= 11 is 0. The molecule has 4 aromatic carbocycles. The van der Waals surface area contributed by atoms with Crippen LogP contribution in [0.5, 0.6) is 0 Å². The van der Waals surface area contributed by atoms with E-state index in [1.165, 1.54) is 0 Å². The van der Waals surface area contributed by atoms with Crippen molar-refractivity contribution in [1.29, 1.82) is 0 Å². The second kappa shape index (κ2) is 7.75. The predicted octanol–water partition coefficient (Wildman–Crippen LogP) is 5.28. The van der Waals surface area contributed by atoms with E-state index >= 15 is 0 Å². The maximum Gasteiger partial charge on any atom is 0.266 e. The molecule has 0 saturated carbocycles. The standard InChI is InChI=1S/C26H8F6N2O4/c27-9-5-15(29)21(16(30)6-9)33-23(35)11-1-2-12-20-14(4-3-13(19(11)20)25(33)37)26(38)34(24(12)36)22-17(31)7-10(28)8-18(22)32/h1-8H. The number of carbonyl (C=O) groups excluding carboxylic acids is 4. The van der Waals surface area contributed by atoms with Crippen molar-refractivity contribution in [3.05, 3.63) is 106 Å². The lowest BCUT2D eigenvalue weighted by Crippen LogP contribution is -2.44. The summed E-state index contributed by atoms with van der Waals surface area (Å²) < 4.78 is 84.8. The molecular weight excluding hydrogens is 518 g/mol. The summed E-state index contributed by atoms with van der Waals surface area (Å²) in [6.07, 6.45) is 0. The molecule has 4 aromatic rings. The van der Waals surface area contributed by atoms with Gasteiger partial charge in [0.1, 0.15) is 23.0 Å². The molecule has 12 heteroatoms. The molecule has 0 aromatic heterocycles. The fraction of sp³-hybridized carbons (Fsp3) is 0. The Kier molecular flexibility index (Phi) is 4.77. The third-order valence-corrected chi connectivity index (χ3v) is 6.31. The third-order valence-electron chi connectivity index (χ3n) is 6.31. The van der Waals surface area contributed by atoms with Crippen molar-refractivity contribution in [3.8, 4) is 0 Å². The van der Waals surface area contributed by atoms with Gasteiger partial charge in [0.05, 0.1) is 0 Å². The van der Waals surface area contributed by atoms with Gasteiger partial charge in [-0.25, -0.2) is 36.1 Å². The molecule has 2 aliphatic heterocycles. The Hall–Kier alpha value is -5.00. The van der Waals surface area contributed by atoms with Crippen molar-refractivity contribution in [1.82, 2.24) is 0 Å². The molecule has 188 valence electrons. The molecule has 0 N–H and O–H groups in total. The summed E-state index contributed by atoms with van der Waals surface area (Å²) in [5.74, 6) is -13.6. The summed E-state index contributed by atoms with van der Waals surface area (Å²) in [5, 5.41) is -0.397. The van der Waals surface area contributed by atoms with Gasteiger partial charge in [-0.2, -0.15) is 0 Å². The number of imide groups is 2. The minimum atomic E-state index is -1.53. The van der Waals surface area contributed by atoms with Gasteiger partial charge in [-0.05, 0) is 24.3 Å². The van der Waals surface area contributed by atoms with E-state index in [-0.39, 0.29) is 67.1 Å². The van der Waals surface area contributed by atoms with Crippen LogP contribution in [-0.4, -0.2) is 23.6 Å². The number of hydrogen-bond donors (Lipinski definition) is 0. The highest BCUT2D eigenvalue weighted by Gasteiger charge is 2.43. The van der Waals surface area contributed by atoms with Crippen LogP contribution in [0.1, 0.15) is 41.4 Å². The first-order chi connectivity index (χ1) is 18.0. The summed E-state index contributed by atoms with van der Waals surface area (Å²) in [5.41, 5.74) is -3.54. The number of anilines is 2. The molecule has 2 heterocycles. The molecule has 4 amide bonds. The summed E-state index contributed by atoms with van der Waals surface area (Å²) in [7, 11) is 0. The van der Waals surface area contributed by atoms with Gasteiger partial charge in [0.25, 0.3) is 23.6 Å². The second-order valence-corrected chi connectivity index (χ2v) is 8.40. The lowest BCUT2D eigenvalue weighted by Gasteiger charge is -2.32. The van der Waals surface area contributed by atoms with E-state index in [2.05, 4.69) is 0 Å². The molecule has 6 nitrogen and oxygen atoms in total. The van der Waals surface area contributed by atoms with Crippen molar-refractivity contribution in [2.24, 2.45) is 0 Å². The topological polar surface area (TPSA) is 74.8 Å². The number of halogens is 6. The number of rotatable bonds is 2. The van der Waals surface area contributed by atoms with Crippen LogP contribution in [0.25, 0.3) is 10.8 Å². The Balaban J connectivity index is 1.57. The Labute approximate surface area is 207 Å². The number of hydrogen-bond acceptors (Lipinski definition) is 4. The first-order valence-corrected chi connectivity index (χ1v) is 10.7. The van der Waals surface area contributed by atoms with Crippen LogP contribution in [0.4, 0.5) is 37.7 Å². The Bertz CT molecular complexity index is 1590. The zero-order valence-corrected chi connectivity index (χ0v) is 18.4. The van der Waals surface area contributed by atoms with Gasteiger partial charge in [0.15, 0.2) is 23.3 Å². The smallest absolute Gasteiger partial charge is 0.266 e. The highest BCUT2D eigenvalue weighted by atomic mass is 19.2. The van der Waals surface area contributed by atoms with E-state index in [1.807, 2.05) is 0 Å². The quantitative estimate of drug-likeness (QED) is 0.263. The van der Waals surface area contributed by atoms with Gasteiger partial charge in [0.2, 0.25) is 0 Å². The van der Waals surface area contributed by atoms with E-state index in [0.717, 1.165) is 24.3 Å². The highest BCUT2D eigenvalue weighted by Crippen LogP contribution is 2.41. The SMILES string of the molecule is O=C1c2ccc3c4c(ccc(c24)C(=O)N1c1c(F)cc(F)cc1F)C(=O)N(c1c(F)cc(F)cc1F)C3=O. The third kappa shape index (κ3) is 2.97. The molecule has 0 atom stereocenters. The van der Waals surface area contributed by atoms with E-state index in [9.17, 15) is 45.5 Å². The van der Waals surface area contributed by atoms with Crippen LogP contribution in [0.2, 0.25) is 0 Å². The van der Waals surface area contributed by atoms with Crippen molar-refractivity contribution in [2.45, 2.75) is 0 Å². The van der Waals surface area contributed by atoms with Gasteiger partial charge >= 0.3 is 0 Å². The molecule has 0 fully saturated rings. The molecule has 2 aliphatic rings. The van der Waals surface area contributed by atoms with Gasteiger partial charge in [-0.3, -0.25) is 19.2 Å². The minimum absolute atomic E-state index is 0.172. The lowest BCUT2D eigenvalue weighted by molar-refractivity contribution is 0.0870. The van der Waals surface area contributed by atoms with E-state index < -0.39 is 69.9 Å². The van der Waals surface area contributed by atoms with Crippen molar-refractivity contribution >= 4 is 45.8 Å². The van der Waals surface area contributed by atoms with Crippen LogP contribution in [0.3, 0.4) is 0 Å². The fourth-order valence-electron chi connectivity index (χ4n) is 4.78. The number of nitrogens with zero attached hydrogens (tertiary/aromatic N) is 2. The Morgan fingerprint density at radius 1 is 0.421 bits per heavy atom. The van der Waals surface area contributed by atoms with E-state index in [1.54, 1.807) is 0 Å². The molecule has 0 saturated heterocycles. The van der Waals surface area contributed by atoms with Gasteiger partial charge in [0, 0.05) is 57.3 Å². The predicted molar refractivity (Wildman–Crippen MR) is 119 cm³/mol. The summed E-state index contributed by atoms with van der Waals surface area (Å²) in [6.45, 7) is 0. The van der Waals surface area contributed by atoms with Crippen LogP contribution >= 0.6 is 0 Å². The average Bonchev–Trinajstić information content (AvgIpc) is 2.84. The first kappa shape index (κ1) is 23.4. The van der Waals surface area contributed by atoms with Gasteiger partial charge in [-0.15, -0.1) is 0 Å². The van der Waals surface area contributed by atoms with Crippen molar-refractivity contribution in [3.63, 3.8) is 0 Å². The number of amides is 4. The highest BCUT2D eigenvalue weighted by molar-refractivity contribution is 6.42. The molecule has 0 unspecified atom stereocenters. The summed E-state index contributed by atoms with van der Waals surface area (Å²) in [6, 6.07) is 5.29.